The van der Waals surface area contributed by atoms with Gasteiger partial charge in [0.05, 0.1) is 0 Å². The van der Waals surface area contributed by atoms with Gasteiger partial charge in [-0.3, -0.25) is 9.69 Å². The molecule has 20 heavy (non-hydrogen) atoms. The van der Waals surface area contributed by atoms with Gasteiger partial charge in [-0.1, -0.05) is 41.5 Å². The van der Waals surface area contributed by atoms with Crippen molar-refractivity contribution in [3.05, 3.63) is 0 Å². The van der Waals surface area contributed by atoms with E-state index in [1.54, 1.807) is 0 Å². The Morgan fingerprint density at radius 2 is 1.45 bits per heavy atom. The van der Waals surface area contributed by atoms with E-state index in [1.165, 1.54) is 6.54 Å². The van der Waals surface area contributed by atoms with Crippen LogP contribution in [-0.4, -0.2) is 61.5 Å². The lowest BCUT2D eigenvalue weighted by Gasteiger charge is -2.37. The van der Waals surface area contributed by atoms with Crippen LogP contribution in [0.4, 0.5) is 0 Å². The molecule has 1 rings (SSSR count). The molecule has 0 aromatic heterocycles. The molecule has 4 heteroatoms. The predicted octanol–water partition coefficient (Wildman–Crippen LogP) is 1.81. The summed E-state index contributed by atoms with van der Waals surface area (Å²) < 4.78 is 0. The first-order chi connectivity index (χ1) is 9.08. The monoisotopic (exact) mass is 283 g/mol. The maximum Gasteiger partial charge on any atom is 0.225 e. The molecule has 1 fully saturated rings. The van der Waals surface area contributed by atoms with Gasteiger partial charge in [0.1, 0.15) is 0 Å². The van der Waals surface area contributed by atoms with Crippen LogP contribution in [-0.2, 0) is 4.79 Å². The molecular formula is C16H33N3O. The number of nitrogens with one attached hydrogen (secondary N) is 1. The zero-order chi connectivity index (χ0) is 15.4. The Balaban J connectivity index is 2.19. The summed E-state index contributed by atoms with van der Waals surface area (Å²) in [5.74, 6) is 0.142. The average molecular weight is 283 g/mol. The third-order valence-electron chi connectivity index (χ3n) is 3.56. The van der Waals surface area contributed by atoms with E-state index in [0.717, 1.165) is 39.3 Å². The van der Waals surface area contributed by atoms with Crippen LogP contribution < -0.4 is 5.32 Å². The molecule has 0 spiro atoms. The molecule has 0 aliphatic carbocycles. The van der Waals surface area contributed by atoms with Crippen LogP contribution >= 0.6 is 0 Å². The topological polar surface area (TPSA) is 35.6 Å². The third kappa shape index (κ3) is 6.71. The Bertz CT molecular complexity index is 307. The van der Waals surface area contributed by atoms with Gasteiger partial charge in [-0.25, -0.2) is 0 Å². The summed E-state index contributed by atoms with van der Waals surface area (Å²) in [7, 11) is 0. The molecule has 1 amide bonds. The van der Waals surface area contributed by atoms with Crippen molar-refractivity contribution in [3.8, 4) is 0 Å². The van der Waals surface area contributed by atoms with E-state index in [9.17, 15) is 4.79 Å². The van der Waals surface area contributed by atoms with Crippen LogP contribution in [0.3, 0.4) is 0 Å². The number of carbonyl (C=O) groups excluding carboxylic acids is 1. The van der Waals surface area contributed by atoms with Gasteiger partial charge in [0.2, 0.25) is 5.91 Å². The summed E-state index contributed by atoms with van der Waals surface area (Å²) in [5, 5.41) is 3.03. The van der Waals surface area contributed by atoms with Gasteiger partial charge in [-0.2, -0.15) is 0 Å². The zero-order valence-electron chi connectivity index (χ0n) is 14.3. The molecule has 1 aliphatic heterocycles. The van der Waals surface area contributed by atoms with Crippen LogP contribution in [0, 0.1) is 10.8 Å². The Hall–Kier alpha value is -0.610. The second kappa shape index (κ2) is 6.90. The van der Waals surface area contributed by atoms with Gasteiger partial charge < -0.3 is 10.2 Å². The number of piperazine rings is 1. The number of amides is 1. The fraction of sp³-hybridized carbons (Fsp3) is 0.938. The summed E-state index contributed by atoms with van der Waals surface area (Å²) >= 11 is 0. The van der Waals surface area contributed by atoms with Gasteiger partial charge in [0, 0.05) is 51.2 Å². The van der Waals surface area contributed by atoms with Crippen LogP contribution in [0.15, 0.2) is 0 Å². The number of rotatable bonds is 4. The number of hydrogen-bond acceptors (Lipinski definition) is 3. The lowest BCUT2D eigenvalue weighted by molar-refractivity contribution is -0.128. The highest BCUT2D eigenvalue weighted by Crippen LogP contribution is 2.16. The van der Waals surface area contributed by atoms with Crippen LogP contribution in [0.5, 0.6) is 0 Å². The highest BCUT2D eigenvalue weighted by molar-refractivity contribution is 5.81. The number of nitrogens with zero attached hydrogens (tertiary/aromatic N) is 2. The van der Waals surface area contributed by atoms with E-state index in [2.05, 4.69) is 35.9 Å². The van der Waals surface area contributed by atoms with E-state index in [-0.39, 0.29) is 11.3 Å². The molecule has 0 aromatic rings. The number of carbonyl (C=O) groups is 1. The SMILES string of the molecule is CC(C)(C)CN1CCN(CCNC(=O)C(C)(C)C)CC1. The van der Waals surface area contributed by atoms with Crippen molar-refractivity contribution >= 4 is 5.91 Å². The molecule has 118 valence electrons. The zero-order valence-corrected chi connectivity index (χ0v) is 14.3. The second-order valence-corrected chi connectivity index (χ2v) is 8.18. The van der Waals surface area contributed by atoms with E-state index in [1.807, 2.05) is 20.8 Å². The lowest BCUT2D eigenvalue weighted by Crippen LogP contribution is -2.50. The quantitative estimate of drug-likeness (QED) is 0.855. The smallest absolute Gasteiger partial charge is 0.225 e. The lowest BCUT2D eigenvalue weighted by atomic mass is 9.95. The fourth-order valence-corrected chi connectivity index (χ4v) is 2.43. The Kier molecular flexibility index (Phi) is 6.02. The molecule has 1 aliphatic rings. The normalized spacial score (nSPS) is 19.1. The molecule has 1 saturated heterocycles. The van der Waals surface area contributed by atoms with Crippen molar-refractivity contribution in [2.45, 2.75) is 41.5 Å². The van der Waals surface area contributed by atoms with Gasteiger partial charge in [-0.15, -0.1) is 0 Å². The predicted molar refractivity (Wildman–Crippen MR) is 84.8 cm³/mol. The molecule has 1 N–H and O–H groups in total. The molecule has 0 unspecified atom stereocenters. The van der Waals surface area contributed by atoms with Crippen molar-refractivity contribution < 1.29 is 4.79 Å². The minimum atomic E-state index is -0.286. The van der Waals surface area contributed by atoms with Crippen LogP contribution in [0.25, 0.3) is 0 Å². The molecule has 0 aromatic carbocycles. The molecule has 4 nitrogen and oxygen atoms in total. The molecule has 0 saturated carbocycles. The Morgan fingerprint density at radius 3 is 1.90 bits per heavy atom. The van der Waals surface area contributed by atoms with Gasteiger partial charge in [0.25, 0.3) is 0 Å². The van der Waals surface area contributed by atoms with Gasteiger partial charge >= 0.3 is 0 Å². The van der Waals surface area contributed by atoms with Crippen molar-refractivity contribution in [2.75, 3.05) is 45.8 Å². The van der Waals surface area contributed by atoms with Crippen molar-refractivity contribution in [1.29, 1.82) is 0 Å². The van der Waals surface area contributed by atoms with E-state index >= 15 is 0 Å². The largest absolute Gasteiger partial charge is 0.354 e. The summed E-state index contributed by atoms with van der Waals surface area (Å²) in [6.07, 6.45) is 0. The van der Waals surface area contributed by atoms with E-state index < -0.39 is 0 Å². The van der Waals surface area contributed by atoms with E-state index in [0.29, 0.717) is 5.41 Å². The summed E-state index contributed by atoms with van der Waals surface area (Å²) in [4.78, 5) is 16.8. The minimum absolute atomic E-state index is 0.142. The molecular weight excluding hydrogens is 250 g/mol. The first-order valence-electron chi connectivity index (χ1n) is 7.81. The standard InChI is InChI=1S/C16H33N3O/c1-15(2,3)13-19-11-9-18(10-12-19)8-7-17-14(20)16(4,5)6/h7-13H2,1-6H3,(H,17,20). The second-order valence-electron chi connectivity index (χ2n) is 8.18. The van der Waals surface area contributed by atoms with Crippen LogP contribution in [0.1, 0.15) is 41.5 Å². The summed E-state index contributed by atoms with van der Waals surface area (Å²) in [6, 6.07) is 0. The van der Waals surface area contributed by atoms with Crippen molar-refractivity contribution in [3.63, 3.8) is 0 Å². The Morgan fingerprint density at radius 1 is 0.950 bits per heavy atom. The van der Waals surface area contributed by atoms with Crippen molar-refractivity contribution in [1.82, 2.24) is 15.1 Å². The number of hydrogen-bond donors (Lipinski definition) is 1. The first kappa shape index (κ1) is 17.4. The molecule has 0 bridgehead atoms. The van der Waals surface area contributed by atoms with Gasteiger partial charge in [0.15, 0.2) is 0 Å². The minimum Gasteiger partial charge on any atom is -0.354 e. The highest BCUT2D eigenvalue weighted by Gasteiger charge is 2.23. The highest BCUT2D eigenvalue weighted by atomic mass is 16.2. The average Bonchev–Trinajstić information content (AvgIpc) is 2.28. The van der Waals surface area contributed by atoms with Crippen LogP contribution in [0.2, 0.25) is 0 Å². The van der Waals surface area contributed by atoms with E-state index in [4.69, 9.17) is 0 Å². The summed E-state index contributed by atoms with van der Waals surface area (Å²) in [5.41, 5.74) is 0.0915. The third-order valence-corrected chi connectivity index (χ3v) is 3.56. The summed E-state index contributed by atoms with van der Waals surface area (Å²) in [6.45, 7) is 20.1. The fourth-order valence-electron chi connectivity index (χ4n) is 2.43. The maximum absolute atomic E-state index is 11.8. The molecule has 1 heterocycles. The maximum atomic E-state index is 11.8. The Labute approximate surface area is 124 Å². The van der Waals surface area contributed by atoms with Gasteiger partial charge in [-0.05, 0) is 5.41 Å². The first-order valence-corrected chi connectivity index (χ1v) is 7.81. The molecule has 0 radical (unpaired) electrons. The van der Waals surface area contributed by atoms with Crippen molar-refractivity contribution in [2.24, 2.45) is 10.8 Å². The molecule has 0 atom stereocenters.